The lowest BCUT2D eigenvalue weighted by atomic mass is 9.82. The van der Waals surface area contributed by atoms with Gasteiger partial charge in [0.25, 0.3) is 0 Å². The van der Waals surface area contributed by atoms with Crippen LogP contribution < -0.4 is 0 Å². The summed E-state index contributed by atoms with van der Waals surface area (Å²) in [5.41, 5.74) is 0.601. The fourth-order valence-corrected chi connectivity index (χ4v) is 2.51. The van der Waals surface area contributed by atoms with Gasteiger partial charge in [0.1, 0.15) is 0 Å². The monoisotopic (exact) mass is 155 g/mol. The smallest absolute Gasteiger partial charge is 0.0143 e. The third-order valence-corrected chi connectivity index (χ3v) is 3.46. The first-order valence-electron chi connectivity index (χ1n) is 4.76. The second-order valence-electron chi connectivity index (χ2n) is 4.38. The van der Waals surface area contributed by atoms with E-state index in [0.717, 1.165) is 6.04 Å². The zero-order valence-electron chi connectivity index (χ0n) is 8.35. The molecule has 0 spiro atoms. The zero-order valence-corrected chi connectivity index (χ0v) is 8.35. The van der Waals surface area contributed by atoms with Crippen LogP contribution in [0.3, 0.4) is 0 Å². The van der Waals surface area contributed by atoms with Crippen molar-refractivity contribution in [1.29, 1.82) is 0 Å². The second-order valence-corrected chi connectivity index (χ2v) is 4.38. The van der Waals surface area contributed by atoms with Gasteiger partial charge < -0.3 is 4.90 Å². The molecule has 0 amide bonds. The van der Waals surface area contributed by atoms with Crippen molar-refractivity contribution in [3.05, 3.63) is 0 Å². The van der Waals surface area contributed by atoms with Gasteiger partial charge in [0.2, 0.25) is 0 Å². The van der Waals surface area contributed by atoms with Crippen LogP contribution >= 0.6 is 0 Å². The van der Waals surface area contributed by atoms with E-state index in [9.17, 15) is 0 Å². The number of hydrogen-bond donors (Lipinski definition) is 0. The van der Waals surface area contributed by atoms with E-state index in [2.05, 4.69) is 32.8 Å². The summed E-state index contributed by atoms with van der Waals surface area (Å²) in [5.74, 6) is 0. The molecule has 1 heteroatoms. The minimum absolute atomic E-state index is 0.601. The Kier molecular flexibility index (Phi) is 2.58. The van der Waals surface area contributed by atoms with Crippen LogP contribution in [0, 0.1) is 5.41 Å². The van der Waals surface area contributed by atoms with Crippen molar-refractivity contribution in [3.63, 3.8) is 0 Å². The summed E-state index contributed by atoms with van der Waals surface area (Å²) in [6.07, 6.45) is 5.58. The minimum Gasteiger partial charge on any atom is -0.306 e. The molecule has 0 saturated heterocycles. The molecule has 0 aromatic carbocycles. The van der Waals surface area contributed by atoms with Crippen LogP contribution in [0.5, 0.6) is 0 Å². The van der Waals surface area contributed by atoms with E-state index >= 15 is 0 Å². The van der Waals surface area contributed by atoms with Crippen molar-refractivity contribution in [2.75, 3.05) is 14.1 Å². The Labute approximate surface area is 70.8 Å². The average molecular weight is 155 g/mol. The highest BCUT2D eigenvalue weighted by Crippen LogP contribution is 2.42. The molecule has 2 unspecified atom stereocenters. The van der Waals surface area contributed by atoms with E-state index < -0.39 is 0 Å². The predicted molar refractivity (Wildman–Crippen MR) is 49.7 cm³/mol. The predicted octanol–water partition coefficient (Wildman–Crippen LogP) is 2.52. The Balaban J connectivity index is 2.64. The maximum atomic E-state index is 2.44. The molecule has 11 heavy (non-hydrogen) atoms. The lowest BCUT2D eigenvalue weighted by molar-refractivity contribution is 0.146. The summed E-state index contributed by atoms with van der Waals surface area (Å²) in [7, 11) is 4.42. The fourth-order valence-electron chi connectivity index (χ4n) is 2.51. The summed E-state index contributed by atoms with van der Waals surface area (Å²) in [4.78, 5) is 2.40. The molecular formula is C10H21N. The Hall–Kier alpha value is -0.0400. The standard InChI is InChI=1S/C10H21N/c1-5-10(2)8-6-7-9(10)11(3)4/h9H,5-8H2,1-4H3. The summed E-state index contributed by atoms with van der Waals surface area (Å²) >= 11 is 0. The van der Waals surface area contributed by atoms with E-state index in [1.165, 1.54) is 25.7 Å². The Morgan fingerprint density at radius 1 is 1.45 bits per heavy atom. The van der Waals surface area contributed by atoms with Gasteiger partial charge >= 0.3 is 0 Å². The van der Waals surface area contributed by atoms with Crippen LogP contribution in [0.2, 0.25) is 0 Å². The molecule has 0 heterocycles. The lowest BCUT2D eigenvalue weighted by Gasteiger charge is -2.35. The SMILES string of the molecule is CCC1(C)CCCC1N(C)C. The molecule has 1 nitrogen and oxygen atoms in total. The van der Waals surface area contributed by atoms with Crippen molar-refractivity contribution >= 4 is 0 Å². The van der Waals surface area contributed by atoms with Gasteiger partial charge in [0.05, 0.1) is 0 Å². The van der Waals surface area contributed by atoms with Crippen molar-refractivity contribution in [2.45, 2.75) is 45.6 Å². The lowest BCUT2D eigenvalue weighted by Crippen LogP contribution is -2.38. The maximum absolute atomic E-state index is 2.44. The molecule has 1 rings (SSSR count). The van der Waals surface area contributed by atoms with E-state index in [4.69, 9.17) is 0 Å². The van der Waals surface area contributed by atoms with Gasteiger partial charge in [-0.2, -0.15) is 0 Å². The molecule has 0 N–H and O–H groups in total. The highest BCUT2D eigenvalue weighted by atomic mass is 15.1. The van der Waals surface area contributed by atoms with Gasteiger partial charge in [-0.05, 0) is 38.8 Å². The van der Waals surface area contributed by atoms with Crippen LogP contribution in [-0.2, 0) is 0 Å². The summed E-state index contributed by atoms with van der Waals surface area (Å²) in [5, 5.41) is 0. The molecule has 0 aromatic heterocycles. The summed E-state index contributed by atoms with van der Waals surface area (Å²) < 4.78 is 0. The van der Waals surface area contributed by atoms with E-state index in [-0.39, 0.29) is 0 Å². The van der Waals surface area contributed by atoms with Gasteiger partial charge in [-0.3, -0.25) is 0 Å². The molecular weight excluding hydrogens is 134 g/mol. The zero-order chi connectivity index (χ0) is 8.48. The second kappa shape index (κ2) is 3.14. The largest absolute Gasteiger partial charge is 0.306 e. The topological polar surface area (TPSA) is 3.24 Å². The molecule has 2 atom stereocenters. The van der Waals surface area contributed by atoms with Crippen LogP contribution in [0.25, 0.3) is 0 Å². The maximum Gasteiger partial charge on any atom is 0.0143 e. The van der Waals surface area contributed by atoms with Crippen molar-refractivity contribution < 1.29 is 0 Å². The molecule has 1 saturated carbocycles. The van der Waals surface area contributed by atoms with Gasteiger partial charge in [-0.1, -0.05) is 20.3 Å². The first kappa shape index (κ1) is 9.05. The van der Waals surface area contributed by atoms with E-state index in [1.54, 1.807) is 0 Å². The normalized spacial score (nSPS) is 38.5. The molecule has 0 bridgehead atoms. The van der Waals surface area contributed by atoms with Crippen molar-refractivity contribution in [3.8, 4) is 0 Å². The molecule has 0 radical (unpaired) electrons. The summed E-state index contributed by atoms with van der Waals surface area (Å²) in [6, 6.07) is 0.826. The number of rotatable bonds is 2. The van der Waals surface area contributed by atoms with Crippen LogP contribution in [0.1, 0.15) is 39.5 Å². The Morgan fingerprint density at radius 3 is 2.45 bits per heavy atom. The molecule has 0 aliphatic heterocycles. The Morgan fingerprint density at radius 2 is 2.09 bits per heavy atom. The van der Waals surface area contributed by atoms with Gasteiger partial charge in [-0.15, -0.1) is 0 Å². The third kappa shape index (κ3) is 1.58. The molecule has 1 fully saturated rings. The number of nitrogens with zero attached hydrogens (tertiary/aromatic N) is 1. The van der Waals surface area contributed by atoms with Crippen molar-refractivity contribution in [2.24, 2.45) is 5.41 Å². The highest BCUT2D eigenvalue weighted by molar-refractivity contribution is 4.92. The molecule has 0 aromatic rings. The van der Waals surface area contributed by atoms with Gasteiger partial charge in [0, 0.05) is 6.04 Å². The molecule has 1 aliphatic rings. The van der Waals surface area contributed by atoms with Crippen LogP contribution in [0.15, 0.2) is 0 Å². The van der Waals surface area contributed by atoms with E-state index in [0.29, 0.717) is 5.41 Å². The third-order valence-electron chi connectivity index (χ3n) is 3.46. The number of hydrogen-bond acceptors (Lipinski definition) is 1. The first-order valence-corrected chi connectivity index (χ1v) is 4.76. The van der Waals surface area contributed by atoms with Crippen LogP contribution in [0.4, 0.5) is 0 Å². The van der Waals surface area contributed by atoms with Crippen molar-refractivity contribution in [1.82, 2.24) is 4.90 Å². The average Bonchev–Trinajstić information content (AvgIpc) is 2.32. The summed E-state index contributed by atoms with van der Waals surface area (Å²) in [6.45, 7) is 4.76. The Bertz CT molecular complexity index is 131. The van der Waals surface area contributed by atoms with E-state index in [1.807, 2.05) is 0 Å². The highest BCUT2D eigenvalue weighted by Gasteiger charge is 2.37. The molecule has 66 valence electrons. The molecule has 1 aliphatic carbocycles. The quantitative estimate of drug-likeness (QED) is 0.592. The first-order chi connectivity index (χ1) is 5.10. The van der Waals surface area contributed by atoms with Gasteiger partial charge in [0.15, 0.2) is 0 Å². The minimum atomic E-state index is 0.601. The fraction of sp³-hybridized carbons (Fsp3) is 1.00. The van der Waals surface area contributed by atoms with Crippen LogP contribution in [-0.4, -0.2) is 25.0 Å². The van der Waals surface area contributed by atoms with Gasteiger partial charge in [-0.25, -0.2) is 0 Å².